The Labute approximate surface area is 179 Å². The van der Waals surface area contributed by atoms with Gasteiger partial charge < -0.3 is 0 Å². The van der Waals surface area contributed by atoms with E-state index in [9.17, 15) is 20.6 Å². The predicted octanol–water partition coefficient (Wildman–Crippen LogP) is 2.68. The van der Waals surface area contributed by atoms with E-state index in [0.717, 1.165) is 0 Å². The normalized spacial score (nSPS) is 13.0. The fourth-order valence-corrected chi connectivity index (χ4v) is 4.25. The molecule has 0 fully saturated rings. The second-order valence-corrected chi connectivity index (χ2v) is 7.04. The van der Waals surface area contributed by atoms with Crippen LogP contribution in [0.5, 0.6) is 0 Å². The maximum absolute atomic E-state index is 13.3. The van der Waals surface area contributed by atoms with Gasteiger partial charge in [0, 0.05) is 43.1 Å². The van der Waals surface area contributed by atoms with Crippen LogP contribution in [0, 0.1) is 34.4 Å². The lowest BCUT2D eigenvalue weighted by molar-refractivity contribution is 1.34. The minimum Gasteiger partial charge on any atom is -0.289 e. The third-order valence-electron chi connectivity index (χ3n) is 5.52. The van der Waals surface area contributed by atoms with E-state index in [2.05, 4.69) is 15.0 Å². The third kappa shape index (κ3) is 2.58. The maximum atomic E-state index is 13.3. The molecule has 0 aliphatic heterocycles. The number of nitriles is 3. The Morgan fingerprint density at radius 2 is 0.844 bits per heavy atom. The Kier molecular flexibility index (Phi) is 4.26. The first-order valence-corrected chi connectivity index (χ1v) is 9.53. The van der Waals surface area contributed by atoms with Gasteiger partial charge in [-0.3, -0.25) is 4.79 Å². The van der Waals surface area contributed by atoms with Gasteiger partial charge in [-0.1, -0.05) is 48.5 Å². The van der Waals surface area contributed by atoms with Crippen molar-refractivity contribution in [2.45, 2.75) is 0 Å². The summed E-state index contributed by atoms with van der Waals surface area (Å²) in [5, 5.41) is 33.3. The molecule has 0 aliphatic carbocycles. The van der Waals surface area contributed by atoms with E-state index in [1.807, 2.05) is 24.6 Å². The predicted molar refractivity (Wildman–Crippen MR) is 119 cm³/mol. The third-order valence-corrected chi connectivity index (χ3v) is 5.52. The van der Waals surface area contributed by atoms with Crippen LogP contribution in [0.15, 0.2) is 80.4 Å². The van der Waals surface area contributed by atoms with Gasteiger partial charge in [-0.05, 0) is 12.1 Å². The first-order chi connectivity index (χ1) is 15.7. The SMILES string of the molecule is N#CN=c1c2ccccc2c(=O)c2cc3c(=NC#N)c4ccccc4c(=NC#N)c3cc12. The Morgan fingerprint density at radius 1 is 0.500 bits per heavy atom. The molecular weight excluding hydrogens is 400 g/mol. The van der Waals surface area contributed by atoms with Crippen molar-refractivity contribution in [3.63, 3.8) is 0 Å². The van der Waals surface area contributed by atoms with Gasteiger partial charge in [-0.15, -0.1) is 0 Å². The Morgan fingerprint density at radius 3 is 1.28 bits per heavy atom. The summed E-state index contributed by atoms with van der Waals surface area (Å²) in [7, 11) is 0. The van der Waals surface area contributed by atoms with Crippen molar-refractivity contribution < 1.29 is 0 Å². The smallest absolute Gasteiger partial charge is 0.206 e. The molecule has 0 aliphatic rings. The van der Waals surface area contributed by atoms with Gasteiger partial charge in [0.05, 0.1) is 16.1 Å². The van der Waals surface area contributed by atoms with Crippen LogP contribution in [-0.2, 0) is 0 Å². The molecule has 0 heterocycles. The highest BCUT2D eigenvalue weighted by atomic mass is 16.1. The first-order valence-electron chi connectivity index (χ1n) is 9.53. The number of fused-ring (bicyclic) bond motifs is 4. The van der Waals surface area contributed by atoms with E-state index in [1.54, 1.807) is 54.6 Å². The molecule has 0 bridgehead atoms. The Hall–Kier alpha value is -5.19. The van der Waals surface area contributed by atoms with E-state index in [1.165, 1.54) is 0 Å². The monoisotopic (exact) mass is 410 g/mol. The lowest BCUT2D eigenvalue weighted by Gasteiger charge is -2.08. The quantitative estimate of drug-likeness (QED) is 0.287. The molecule has 0 spiro atoms. The molecule has 5 aromatic rings. The minimum absolute atomic E-state index is 0.218. The van der Waals surface area contributed by atoms with Gasteiger partial charge in [-0.25, -0.2) is 0 Å². The van der Waals surface area contributed by atoms with Crippen molar-refractivity contribution in [2.75, 3.05) is 0 Å². The summed E-state index contributed by atoms with van der Waals surface area (Å²) in [4.78, 5) is 25.4. The highest BCUT2D eigenvalue weighted by Crippen LogP contribution is 2.20. The molecule has 5 rings (SSSR count). The van der Waals surface area contributed by atoms with E-state index >= 15 is 0 Å². The summed E-state index contributed by atoms with van der Waals surface area (Å²) in [6.07, 6.45) is 5.50. The van der Waals surface area contributed by atoms with Crippen LogP contribution in [0.1, 0.15) is 0 Å². The summed E-state index contributed by atoms with van der Waals surface area (Å²) >= 11 is 0. The van der Waals surface area contributed by atoms with Crippen LogP contribution >= 0.6 is 0 Å². The Bertz CT molecular complexity index is 1990. The van der Waals surface area contributed by atoms with Crippen LogP contribution in [0.3, 0.4) is 0 Å². The zero-order chi connectivity index (χ0) is 22.2. The van der Waals surface area contributed by atoms with E-state index < -0.39 is 0 Å². The molecule has 146 valence electrons. The molecule has 0 radical (unpaired) electrons. The van der Waals surface area contributed by atoms with E-state index in [-0.39, 0.29) is 5.43 Å². The van der Waals surface area contributed by atoms with Crippen molar-refractivity contribution in [3.8, 4) is 18.6 Å². The number of benzene rings is 5. The lowest BCUT2D eigenvalue weighted by atomic mass is 9.95. The molecule has 0 saturated heterocycles. The van der Waals surface area contributed by atoms with Crippen LogP contribution in [0.25, 0.3) is 43.1 Å². The molecule has 0 atom stereocenters. The van der Waals surface area contributed by atoms with Crippen LogP contribution in [-0.4, -0.2) is 0 Å². The molecule has 0 saturated carbocycles. The molecule has 32 heavy (non-hydrogen) atoms. The molecule has 0 N–H and O–H groups in total. The van der Waals surface area contributed by atoms with Crippen molar-refractivity contribution in [2.24, 2.45) is 15.0 Å². The van der Waals surface area contributed by atoms with Crippen molar-refractivity contribution in [3.05, 3.63) is 87.0 Å². The van der Waals surface area contributed by atoms with E-state index in [4.69, 9.17) is 0 Å². The lowest BCUT2D eigenvalue weighted by Crippen LogP contribution is -2.19. The summed E-state index contributed by atoms with van der Waals surface area (Å²) in [6, 6.07) is 17.5. The zero-order valence-electron chi connectivity index (χ0n) is 16.4. The summed E-state index contributed by atoms with van der Waals surface area (Å²) in [5.41, 5.74) is -0.218. The average molecular weight is 410 g/mol. The minimum atomic E-state index is -0.218. The summed E-state index contributed by atoms with van der Waals surface area (Å²) in [5.74, 6) is 0. The highest BCUT2D eigenvalue weighted by Gasteiger charge is 2.14. The molecule has 7 heteroatoms. The molecule has 0 unspecified atom stereocenters. The fraction of sp³-hybridized carbons (Fsp3) is 0. The summed E-state index contributed by atoms with van der Waals surface area (Å²) in [6.45, 7) is 0. The van der Waals surface area contributed by atoms with Crippen molar-refractivity contribution in [1.82, 2.24) is 0 Å². The van der Waals surface area contributed by atoms with Gasteiger partial charge in [0.15, 0.2) is 5.43 Å². The number of nitrogens with zero attached hydrogens (tertiary/aromatic N) is 6. The highest BCUT2D eigenvalue weighted by molar-refractivity contribution is 6.07. The van der Waals surface area contributed by atoms with Gasteiger partial charge in [-0.2, -0.15) is 30.8 Å². The van der Waals surface area contributed by atoms with Gasteiger partial charge >= 0.3 is 0 Å². The van der Waals surface area contributed by atoms with Crippen LogP contribution in [0.2, 0.25) is 0 Å². The molecule has 5 aromatic carbocycles. The maximum Gasteiger partial charge on any atom is 0.206 e. The molecule has 7 nitrogen and oxygen atoms in total. The van der Waals surface area contributed by atoms with Crippen molar-refractivity contribution >= 4 is 43.1 Å². The second-order valence-electron chi connectivity index (χ2n) is 7.04. The van der Waals surface area contributed by atoms with E-state index in [0.29, 0.717) is 59.2 Å². The topological polar surface area (TPSA) is 126 Å². The van der Waals surface area contributed by atoms with Crippen LogP contribution < -0.4 is 21.5 Å². The van der Waals surface area contributed by atoms with Gasteiger partial charge in [0.25, 0.3) is 0 Å². The van der Waals surface area contributed by atoms with Gasteiger partial charge in [0.2, 0.25) is 18.6 Å². The fourth-order valence-electron chi connectivity index (χ4n) is 4.25. The Balaban J connectivity index is 2.24. The number of hydrogen-bond acceptors (Lipinski definition) is 7. The molecule has 0 aromatic heterocycles. The van der Waals surface area contributed by atoms with Crippen molar-refractivity contribution in [1.29, 1.82) is 15.8 Å². The second kappa shape index (κ2) is 7.25. The van der Waals surface area contributed by atoms with Gasteiger partial charge in [0.1, 0.15) is 0 Å². The number of hydrogen-bond donors (Lipinski definition) is 0. The standard InChI is InChI=1S/C25H10N6O/c26-11-29-22-14-5-1-2-6-15(14)23(30-12-27)19-10-21-20(9-18(19)22)24(31-13-28)16-7-3-4-8-17(16)25(21)32/h1-10H. The first kappa shape index (κ1) is 18.8. The molecular formula is C25H10N6O. The summed E-state index contributed by atoms with van der Waals surface area (Å²) < 4.78 is 0. The zero-order valence-corrected chi connectivity index (χ0v) is 16.4. The largest absolute Gasteiger partial charge is 0.289 e. The average Bonchev–Trinajstić information content (AvgIpc) is 2.83. The number of rotatable bonds is 0. The molecule has 0 amide bonds. The van der Waals surface area contributed by atoms with Crippen LogP contribution in [0.4, 0.5) is 0 Å².